The maximum absolute atomic E-state index is 13.4. The summed E-state index contributed by atoms with van der Waals surface area (Å²) in [4.78, 5) is 14.4. The Bertz CT molecular complexity index is 1030. The zero-order chi connectivity index (χ0) is 23.9. The van der Waals surface area contributed by atoms with Gasteiger partial charge in [0, 0.05) is 31.7 Å². The van der Waals surface area contributed by atoms with Crippen LogP contribution in [0.3, 0.4) is 0 Å². The van der Waals surface area contributed by atoms with Gasteiger partial charge in [-0.3, -0.25) is 10.1 Å². The molecule has 172 valence electrons. The molecule has 0 bridgehead atoms. The third-order valence-electron chi connectivity index (χ3n) is 5.60. The van der Waals surface area contributed by atoms with Gasteiger partial charge in [0.15, 0.2) is 0 Å². The van der Waals surface area contributed by atoms with E-state index in [4.69, 9.17) is 16.3 Å². The van der Waals surface area contributed by atoms with Crippen molar-refractivity contribution in [2.45, 2.75) is 77.0 Å². The molecular formula is C25H30BrClN2O2S. The fraction of sp³-hybridized carbons (Fsp3) is 0.520. The average molecular weight is 538 g/mol. The molecule has 1 N–H and O–H groups in total. The second-order valence-electron chi connectivity index (χ2n) is 10.6. The summed E-state index contributed by atoms with van der Waals surface area (Å²) < 4.78 is 6.73. The normalized spacial score (nSPS) is 26.0. The third kappa shape index (κ3) is 5.22. The Morgan fingerprint density at radius 1 is 1.28 bits per heavy atom. The average Bonchev–Trinajstić information content (AvgIpc) is 3.21. The lowest BCUT2D eigenvalue weighted by molar-refractivity contribution is -0.157. The molecule has 0 amide bonds. The minimum absolute atomic E-state index is 0.0596. The molecule has 0 saturated carbocycles. The number of nitriles is 1. The van der Waals surface area contributed by atoms with E-state index in [1.165, 1.54) is 11.3 Å². The first kappa shape index (κ1) is 25.2. The lowest BCUT2D eigenvalue weighted by Crippen LogP contribution is -2.44. The molecule has 32 heavy (non-hydrogen) atoms. The van der Waals surface area contributed by atoms with Gasteiger partial charge in [0.1, 0.15) is 17.1 Å². The molecule has 1 aliphatic rings. The largest absolute Gasteiger partial charge is 0.459 e. The van der Waals surface area contributed by atoms with Crippen molar-refractivity contribution in [3.05, 3.63) is 55.6 Å². The maximum Gasteiger partial charge on any atom is 0.324 e. The van der Waals surface area contributed by atoms with Crippen molar-refractivity contribution in [2.75, 3.05) is 0 Å². The molecule has 1 fully saturated rings. The van der Waals surface area contributed by atoms with Crippen molar-refractivity contribution in [2.24, 2.45) is 5.41 Å². The van der Waals surface area contributed by atoms with E-state index in [0.717, 1.165) is 14.9 Å². The molecule has 7 heteroatoms. The van der Waals surface area contributed by atoms with Gasteiger partial charge in [-0.2, -0.15) is 5.26 Å². The van der Waals surface area contributed by atoms with Gasteiger partial charge in [-0.15, -0.1) is 11.3 Å². The van der Waals surface area contributed by atoms with Crippen LogP contribution < -0.4 is 5.32 Å². The van der Waals surface area contributed by atoms with Gasteiger partial charge in [0.25, 0.3) is 0 Å². The van der Waals surface area contributed by atoms with Gasteiger partial charge < -0.3 is 4.74 Å². The molecule has 4 nitrogen and oxygen atoms in total. The van der Waals surface area contributed by atoms with Crippen LogP contribution >= 0.6 is 38.9 Å². The lowest BCUT2D eigenvalue weighted by Gasteiger charge is -2.36. The van der Waals surface area contributed by atoms with Crippen molar-refractivity contribution in [1.29, 1.82) is 5.26 Å². The third-order valence-corrected chi connectivity index (χ3v) is 7.68. The standard InChI is InChI=1S/C25H30BrClN2O2S/c1-23(2,3)12-18-25(14-28,19-11-16(26)13-32-19)20(15-8-7-9-17(27)10-15)21(29-18)22(30)31-24(4,5)6/h7-11,13,18,20-21,29H,12H2,1-6H3/t18-,20-,21+,25+/m0/s1. The number of hydrogen-bond donors (Lipinski definition) is 1. The van der Waals surface area contributed by atoms with Crippen LogP contribution in [0.1, 0.15) is 64.3 Å². The summed E-state index contributed by atoms with van der Waals surface area (Å²) in [6.07, 6.45) is 0.715. The summed E-state index contributed by atoms with van der Waals surface area (Å²) in [7, 11) is 0. The van der Waals surface area contributed by atoms with Crippen molar-refractivity contribution in [3.8, 4) is 6.07 Å². The predicted molar refractivity (Wildman–Crippen MR) is 134 cm³/mol. The molecule has 2 aromatic rings. The molecule has 0 unspecified atom stereocenters. The van der Waals surface area contributed by atoms with Crippen molar-refractivity contribution in [1.82, 2.24) is 5.32 Å². The van der Waals surface area contributed by atoms with E-state index in [9.17, 15) is 10.1 Å². The molecular weight excluding hydrogens is 508 g/mol. The van der Waals surface area contributed by atoms with Gasteiger partial charge >= 0.3 is 5.97 Å². The number of nitrogens with one attached hydrogen (secondary N) is 1. The minimum Gasteiger partial charge on any atom is -0.459 e. The van der Waals surface area contributed by atoms with Gasteiger partial charge in [-0.1, -0.05) is 44.5 Å². The number of halogens is 2. The Morgan fingerprint density at radius 2 is 1.97 bits per heavy atom. The highest BCUT2D eigenvalue weighted by molar-refractivity contribution is 9.10. The fourth-order valence-electron chi connectivity index (χ4n) is 4.54. The van der Waals surface area contributed by atoms with E-state index in [2.05, 4.69) is 48.1 Å². The second kappa shape index (κ2) is 9.10. The second-order valence-corrected chi connectivity index (χ2v) is 12.9. The first-order chi connectivity index (χ1) is 14.8. The highest BCUT2D eigenvalue weighted by Crippen LogP contribution is 2.53. The van der Waals surface area contributed by atoms with E-state index in [-0.39, 0.29) is 17.4 Å². The lowest BCUT2D eigenvalue weighted by atomic mass is 9.65. The molecule has 1 saturated heterocycles. The molecule has 0 spiro atoms. The molecule has 1 aromatic carbocycles. The van der Waals surface area contributed by atoms with Gasteiger partial charge in [-0.05, 0) is 72.3 Å². The molecule has 1 aromatic heterocycles. The summed E-state index contributed by atoms with van der Waals surface area (Å²) in [5, 5.41) is 16.9. The number of benzene rings is 1. The van der Waals surface area contributed by atoms with Crippen LogP contribution in [0.2, 0.25) is 5.02 Å². The van der Waals surface area contributed by atoms with Gasteiger partial charge in [-0.25, -0.2) is 0 Å². The Kier molecular flexibility index (Phi) is 7.18. The van der Waals surface area contributed by atoms with Crippen LogP contribution in [-0.4, -0.2) is 23.7 Å². The minimum atomic E-state index is -0.962. The van der Waals surface area contributed by atoms with E-state index in [1.807, 2.05) is 50.4 Å². The SMILES string of the molecule is CC(C)(C)C[C@@H]1N[C@@H](C(=O)OC(C)(C)C)[C@H](c2cccc(Cl)c2)[C@@]1(C#N)c1cc(Br)cs1. The van der Waals surface area contributed by atoms with Crippen LogP contribution in [0.4, 0.5) is 0 Å². The van der Waals surface area contributed by atoms with Crippen molar-refractivity contribution < 1.29 is 9.53 Å². The summed E-state index contributed by atoms with van der Waals surface area (Å²) in [6, 6.07) is 11.2. The van der Waals surface area contributed by atoms with E-state index < -0.39 is 23.0 Å². The summed E-state index contributed by atoms with van der Waals surface area (Å²) in [6.45, 7) is 12.0. The molecule has 0 aliphatic carbocycles. The molecule has 3 rings (SSSR count). The quantitative estimate of drug-likeness (QED) is 0.434. The number of carbonyl (C=O) groups excluding carboxylic acids is 1. The topological polar surface area (TPSA) is 62.1 Å². The number of nitrogens with zero attached hydrogens (tertiary/aromatic N) is 1. The van der Waals surface area contributed by atoms with Crippen LogP contribution in [-0.2, 0) is 14.9 Å². The first-order valence-electron chi connectivity index (χ1n) is 10.7. The number of thiophene rings is 1. The molecule has 4 atom stereocenters. The van der Waals surface area contributed by atoms with Gasteiger partial charge in [0.05, 0.1) is 6.07 Å². The molecule has 2 heterocycles. The number of carbonyl (C=O) groups is 1. The summed E-state index contributed by atoms with van der Waals surface area (Å²) in [5.74, 6) is -0.812. The highest BCUT2D eigenvalue weighted by atomic mass is 79.9. The van der Waals surface area contributed by atoms with E-state index >= 15 is 0 Å². The van der Waals surface area contributed by atoms with Crippen LogP contribution in [0.15, 0.2) is 40.2 Å². The molecule has 0 radical (unpaired) electrons. The first-order valence-corrected chi connectivity index (χ1v) is 12.7. The Morgan fingerprint density at radius 3 is 2.47 bits per heavy atom. The number of esters is 1. The van der Waals surface area contributed by atoms with Crippen molar-refractivity contribution in [3.63, 3.8) is 0 Å². The van der Waals surface area contributed by atoms with Crippen molar-refractivity contribution >= 4 is 44.8 Å². The number of hydrogen-bond acceptors (Lipinski definition) is 5. The van der Waals surface area contributed by atoms with Crippen LogP contribution in [0.25, 0.3) is 0 Å². The zero-order valence-corrected chi connectivity index (χ0v) is 22.5. The summed E-state index contributed by atoms with van der Waals surface area (Å²) in [5.41, 5.74) is -0.809. The zero-order valence-electron chi connectivity index (χ0n) is 19.3. The van der Waals surface area contributed by atoms with E-state index in [1.54, 1.807) is 6.07 Å². The maximum atomic E-state index is 13.4. The Balaban J connectivity index is 2.25. The number of ether oxygens (including phenoxy) is 1. The predicted octanol–water partition coefficient (Wildman–Crippen LogP) is 6.83. The molecule has 1 aliphatic heterocycles. The van der Waals surface area contributed by atoms with Gasteiger partial charge in [0.2, 0.25) is 0 Å². The monoisotopic (exact) mass is 536 g/mol. The number of rotatable bonds is 4. The smallest absolute Gasteiger partial charge is 0.324 e. The summed E-state index contributed by atoms with van der Waals surface area (Å²) >= 11 is 11.5. The Labute approximate surface area is 208 Å². The van der Waals surface area contributed by atoms with E-state index in [0.29, 0.717) is 11.4 Å². The fourth-order valence-corrected chi connectivity index (χ4v) is 6.41. The highest BCUT2D eigenvalue weighted by Gasteiger charge is 2.61. The van der Waals surface area contributed by atoms with Crippen LogP contribution in [0, 0.1) is 16.7 Å². The van der Waals surface area contributed by atoms with Crippen LogP contribution in [0.5, 0.6) is 0 Å². The Hall–Kier alpha value is -1.39.